The zero-order valence-corrected chi connectivity index (χ0v) is 24.5. The Hall–Kier alpha value is -3.36. The van der Waals surface area contributed by atoms with E-state index in [4.69, 9.17) is 11.6 Å². The molecule has 212 valence electrons. The predicted molar refractivity (Wildman–Crippen MR) is 159 cm³/mol. The Morgan fingerprint density at radius 1 is 0.950 bits per heavy atom. The molecule has 3 aromatic carbocycles. The molecule has 1 unspecified atom stereocenters. The lowest BCUT2D eigenvalue weighted by molar-refractivity contribution is -0.139. The number of amides is 2. The lowest BCUT2D eigenvalue weighted by atomic mass is 9.95. The highest BCUT2D eigenvalue weighted by Gasteiger charge is 2.33. The average molecular weight is 582 g/mol. The van der Waals surface area contributed by atoms with Crippen molar-refractivity contribution in [3.05, 3.63) is 95.0 Å². The maximum Gasteiger partial charge on any atom is 0.264 e. The number of hydrogen-bond donors (Lipinski definition) is 1. The Bertz CT molecular complexity index is 1430. The van der Waals surface area contributed by atoms with E-state index in [1.807, 2.05) is 19.1 Å². The van der Waals surface area contributed by atoms with Crippen LogP contribution in [0.3, 0.4) is 0 Å². The molecule has 40 heavy (non-hydrogen) atoms. The molecule has 1 aliphatic carbocycles. The van der Waals surface area contributed by atoms with Gasteiger partial charge >= 0.3 is 0 Å². The molecule has 0 aliphatic heterocycles. The van der Waals surface area contributed by atoms with Gasteiger partial charge in [-0.05, 0) is 74.2 Å². The van der Waals surface area contributed by atoms with Crippen LogP contribution in [0.15, 0.2) is 83.8 Å². The molecule has 1 saturated carbocycles. The van der Waals surface area contributed by atoms with Crippen LogP contribution in [0.25, 0.3) is 0 Å². The third-order valence-corrected chi connectivity index (χ3v) is 9.28. The second-order valence-corrected chi connectivity index (χ2v) is 12.6. The van der Waals surface area contributed by atoms with E-state index in [1.54, 1.807) is 61.5 Å². The summed E-state index contributed by atoms with van der Waals surface area (Å²) in [4.78, 5) is 28.9. The maximum absolute atomic E-state index is 14.0. The van der Waals surface area contributed by atoms with Gasteiger partial charge in [-0.1, -0.05) is 73.3 Å². The molecular weight excluding hydrogens is 546 g/mol. The Kier molecular flexibility index (Phi) is 9.87. The molecule has 2 amide bonds. The molecule has 0 saturated heterocycles. The van der Waals surface area contributed by atoms with Crippen LogP contribution in [0.1, 0.15) is 50.2 Å². The van der Waals surface area contributed by atoms with E-state index in [-0.39, 0.29) is 23.4 Å². The summed E-state index contributed by atoms with van der Waals surface area (Å²) in [6.07, 6.45) is 5.11. The average Bonchev–Trinajstić information content (AvgIpc) is 2.95. The van der Waals surface area contributed by atoms with E-state index in [2.05, 4.69) is 5.32 Å². The van der Waals surface area contributed by atoms with Crippen LogP contribution in [0, 0.1) is 6.92 Å². The summed E-state index contributed by atoms with van der Waals surface area (Å²) in [5.41, 5.74) is 1.97. The summed E-state index contributed by atoms with van der Waals surface area (Å²) in [5.74, 6) is -0.748. The van der Waals surface area contributed by atoms with Crippen molar-refractivity contribution in [1.29, 1.82) is 0 Å². The molecule has 1 aliphatic rings. The number of sulfonamides is 1. The van der Waals surface area contributed by atoms with Crippen LogP contribution in [-0.2, 0) is 26.2 Å². The molecule has 1 N–H and O–H groups in total. The molecule has 0 aromatic heterocycles. The van der Waals surface area contributed by atoms with E-state index in [1.165, 1.54) is 17.0 Å². The second-order valence-electron chi connectivity index (χ2n) is 10.3. The zero-order chi connectivity index (χ0) is 28.7. The minimum absolute atomic E-state index is 0.0776. The fraction of sp³-hybridized carbons (Fsp3) is 0.355. The largest absolute Gasteiger partial charge is 0.352 e. The first-order chi connectivity index (χ1) is 19.1. The maximum atomic E-state index is 14.0. The fourth-order valence-electron chi connectivity index (χ4n) is 5.01. The summed E-state index contributed by atoms with van der Waals surface area (Å²) >= 11 is 6.22. The lowest BCUT2D eigenvalue weighted by Gasteiger charge is -2.33. The number of aryl methyl sites for hydroxylation is 1. The zero-order valence-electron chi connectivity index (χ0n) is 22.9. The van der Waals surface area contributed by atoms with E-state index < -0.39 is 28.5 Å². The van der Waals surface area contributed by atoms with Crippen LogP contribution in [0.2, 0.25) is 5.02 Å². The van der Waals surface area contributed by atoms with Crippen LogP contribution < -0.4 is 9.62 Å². The summed E-state index contributed by atoms with van der Waals surface area (Å²) in [6.45, 7) is 3.18. The number of carbonyl (C=O) groups is 2. The van der Waals surface area contributed by atoms with Gasteiger partial charge in [-0.15, -0.1) is 0 Å². The van der Waals surface area contributed by atoms with Crippen molar-refractivity contribution in [2.45, 2.75) is 69.5 Å². The van der Waals surface area contributed by atoms with Crippen molar-refractivity contribution in [1.82, 2.24) is 10.2 Å². The summed E-state index contributed by atoms with van der Waals surface area (Å²) in [5, 5.41) is 3.62. The molecule has 7 nitrogen and oxygen atoms in total. The smallest absolute Gasteiger partial charge is 0.264 e. The van der Waals surface area contributed by atoms with Gasteiger partial charge in [0.1, 0.15) is 12.6 Å². The van der Waals surface area contributed by atoms with Crippen LogP contribution in [0.5, 0.6) is 0 Å². The quantitative estimate of drug-likeness (QED) is 0.332. The molecule has 3 aromatic rings. The SMILES string of the molecule is Cc1cccc(N(CC(=O)N(Cc2cccc(Cl)c2)C(C)C(=O)NC2CCCCC2)S(=O)(=O)c2ccccc2)c1. The normalized spacial score (nSPS) is 14.8. The molecule has 1 fully saturated rings. The Labute approximate surface area is 242 Å². The van der Waals surface area contributed by atoms with Crippen LogP contribution >= 0.6 is 11.6 Å². The first kappa shape index (κ1) is 29.6. The number of carbonyl (C=O) groups excluding carboxylic acids is 2. The van der Waals surface area contributed by atoms with Crippen molar-refractivity contribution in [3.8, 4) is 0 Å². The van der Waals surface area contributed by atoms with Gasteiger partial charge in [-0.25, -0.2) is 8.42 Å². The first-order valence-electron chi connectivity index (χ1n) is 13.6. The van der Waals surface area contributed by atoms with Crippen LogP contribution in [-0.4, -0.2) is 43.8 Å². The van der Waals surface area contributed by atoms with Gasteiger partial charge in [0.25, 0.3) is 10.0 Å². The highest BCUT2D eigenvalue weighted by Crippen LogP contribution is 2.26. The standard InChI is InChI=1S/C31H36ClN3O4S/c1-23-11-9-16-28(19-23)35(40(38,39)29-17-7-4-8-18-29)22-30(36)34(21-25-12-10-13-26(32)20-25)24(2)31(37)33-27-14-5-3-6-15-27/h4,7-13,16-20,24,27H,3,5-6,14-15,21-22H2,1-2H3,(H,33,37). The third-order valence-electron chi connectivity index (χ3n) is 7.26. The monoisotopic (exact) mass is 581 g/mol. The van der Waals surface area contributed by atoms with Gasteiger partial charge in [-0.2, -0.15) is 0 Å². The molecular formula is C31H36ClN3O4S. The molecule has 9 heteroatoms. The van der Waals surface area contributed by atoms with E-state index in [0.717, 1.165) is 47.5 Å². The van der Waals surface area contributed by atoms with Crippen molar-refractivity contribution in [3.63, 3.8) is 0 Å². The first-order valence-corrected chi connectivity index (χ1v) is 15.5. The summed E-state index contributed by atoms with van der Waals surface area (Å²) in [6, 6.07) is 21.4. The lowest BCUT2D eigenvalue weighted by Crippen LogP contribution is -2.53. The topological polar surface area (TPSA) is 86.8 Å². The number of nitrogens with zero attached hydrogens (tertiary/aromatic N) is 2. The Balaban J connectivity index is 1.67. The van der Waals surface area contributed by atoms with Crippen molar-refractivity contribution in [2.75, 3.05) is 10.8 Å². The number of anilines is 1. The highest BCUT2D eigenvalue weighted by molar-refractivity contribution is 7.92. The van der Waals surface area contributed by atoms with Crippen molar-refractivity contribution < 1.29 is 18.0 Å². The molecule has 0 radical (unpaired) electrons. The minimum Gasteiger partial charge on any atom is -0.352 e. The number of nitrogens with one attached hydrogen (secondary N) is 1. The molecule has 4 rings (SSSR count). The molecule has 0 bridgehead atoms. The van der Waals surface area contributed by atoms with E-state index in [0.29, 0.717) is 10.7 Å². The van der Waals surface area contributed by atoms with Gasteiger partial charge in [0, 0.05) is 17.6 Å². The minimum atomic E-state index is -4.08. The Morgan fingerprint density at radius 3 is 2.33 bits per heavy atom. The van der Waals surface area contributed by atoms with Crippen molar-refractivity contribution >= 4 is 39.1 Å². The van der Waals surface area contributed by atoms with Gasteiger partial charge < -0.3 is 10.2 Å². The fourth-order valence-corrected chi connectivity index (χ4v) is 6.65. The van der Waals surface area contributed by atoms with Gasteiger partial charge in [0.15, 0.2) is 0 Å². The highest BCUT2D eigenvalue weighted by atomic mass is 35.5. The summed E-state index contributed by atoms with van der Waals surface area (Å²) in [7, 11) is -4.08. The third kappa shape index (κ3) is 7.43. The number of hydrogen-bond acceptors (Lipinski definition) is 4. The van der Waals surface area contributed by atoms with Gasteiger partial charge in [0.05, 0.1) is 10.6 Å². The van der Waals surface area contributed by atoms with Crippen LogP contribution in [0.4, 0.5) is 5.69 Å². The molecule has 1 atom stereocenters. The Morgan fingerprint density at radius 2 is 1.65 bits per heavy atom. The molecule has 0 spiro atoms. The van der Waals surface area contributed by atoms with Gasteiger partial charge in [0.2, 0.25) is 11.8 Å². The molecule has 0 heterocycles. The predicted octanol–water partition coefficient (Wildman–Crippen LogP) is 5.71. The van der Waals surface area contributed by atoms with E-state index >= 15 is 0 Å². The van der Waals surface area contributed by atoms with Crippen molar-refractivity contribution in [2.24, 2.45) is 0 Å². The number of benzene rings is 3. The summed E-state index contributed by atoms with van der Waals surface area (Å²) < 4.78 is 28.8. The number of rotatable bonds is 10. The van der Waals surface area contributed by atoms with Gasteiger partial charge in [-0.3, -0.25) is 13.9 Å². The second kappa shape index (κ2) is 13.3. The van der Waals surface area contributed by atoms with E-state index in [9.17, 15) is 18.0 Å². The number of halogens is 1.